The number of benzene rings is 1. The molecule has 1 fully saturated rings. The lowest BCUT2D eigenvalue weighted by molar-refractivity contribution is -1.01. The summed E-state index contributed by atoms with van der Waals surface area (Å²) in [6, 6.07) is 4.81. The van der Waals surface area contributed by atoms with Gasteiger partial charge in [-0.2, -0.15) is 0 Å². The Morgan fingerprint density at radius 2 is 1.71 bits per heavy atom. The number of piperazine rings is 1. The van der Waals surface area contributed by atoms with Crippen LogP contribution in [0.25, 0.3) is 0 Å². The Labute approximate surface area is 152 Å². The van der Waals surface area contributed by atoms with Crippen molar-refractivity contribution in [2.45, 2.75) is 13.0 Å². The van der Waals surface area contributed by atoms with Crippen LogP contribution >= 0.6 is 23.2 Å². The number of likely N-dealkylation sites (N-methyl/N-ethyl adjacent to an activating group) is 1. The number of nitrogens with one attached hydrogen (secondary N) is 4. The highest BCUT2D eigenvalue weighted by Gasteiger charge is 2.31. The monoisotopic (exact) mass is 374 g/mol. The first-order valence-electron chi connectivity index (χ1n) is 8.04. The van der Waals surface area contributed by atoms with Gasteiger partial charge in [-0.25, -0.2) is 0 Å². The summed E-state index contributed by atoms with van der Waals surface area (Å²) in [5, 5.41) is 6.50. The van der Waals surface area contributed by atoms with Crippen LogP contribution in [-0.4, -0.2) is 57.6 Å². The van der Waals surface area contributed by atoms with Crippen molar-refractivity contribution in [3.8, 4) is 0 Å². The molecule has 0 aliphatic carbocycles. The minimum Gasteiger partial charge on any atom is -0.354 e. The zero-order valence-electron chi connectivity index (χ0n) is 13.9. The van der Waals surface area contributed by atoms with E-state index < -0.39 is 0 Å². The summed E-state index contributed by atoms with van der Waals surface area (Å²) in [5.74, 6) is -0.00448. The molecule has 1 aromatic rings. The van der Waals surface area contributed by atoms with E-state index >= 15 is 0 Å². The zero-order valence-corrected chi connectivity index (χ0v) is 15.4. The Bertz CT molecular complexity index is 583. The average molecular weight is 375 g/mol. The van der Waals surface area contributed by atoms with Crippen LogP contribution in [0.15, 0.2) is 18.2 Å². The Balaban J connectivity index is 1.86. The van der Waals surface area contributed by atoms with Gasteiger partial charge in [-0.3, -0.25) is 9.59 Å². The maximum Gasteiger partial charge on any atom is 0.282 e. The molecule has 0 radical (unpaired) electrons. The van der Waals surface area contributed by atoms with Crippen LogP contribution < -0.4 is 20.4 Å². The first kappa shape index (κ1) is 19.0. The highest BCUT2D eigenvalue weighted by molar-refractivity contribution is 6.35. The summed E-state index contributed by atoms with van der Waals surface area (Å²) in [5.41, 5.74) is 0.604. The molecule has 4 N–H and O–H groups in total. The van der Waals surface area contributed by atoms with Gasteiger partial charge in [0, 0.05) is 22.8 Å². The van der Waals surface area contributed by atoms with Crippen LogP contribution in [0.1, 0.15) is 6.92 Å². The lowest BCUT2D eigenvalue weighted by Crippen LogP contribution is -3.30. The molecule has 1 saturated heterocycles. The van der Waals surface area contributed by atoms with E-state index in [2.05, 4.69) is 10.6 Å². The van der Waals surface area contributed by atoms with Gasteiger partial charge in [0.2, 0.25) is 0 Å². The maximum absolute atomic E-state index is 12.5. The van der Waals surface area contributed by atoms with E-state index in [1.165, 1.54) is 9.80 Å². The van der Waals surface area contributed by atoms with Crippen LogP contribution in [-0.2, 0) is 9.59 Å². The number of halogens is 2. The number of anilines is 1. The minimum absolute atomic E-state index is 0.0528. The molecule has 0 unspecified atom stereocenters. The third-order valence-corrected chi connectivity index (χ3v) is 4.86. The summed E-state index contributed by atoms with van der Waals surface area (Å²) in [4.78, 5) is 26.4. The van der Waals surface area contributed by atoms with Crippen molar-refractivity contribution in [2.75, 3.05) is 45.1 Å². The highest BCUT2D eigenvalue weighted by atomic mass is 35.5. The maximum atomic E-state index is 12.5. The predicted molar refractivity (Wildman–Crippen MR) is 94.9 cm³/mol. The first-order valence-corrected chi connectivity index (χ1v) is 8.80. The van der Waals surface area contributed by atoms with Crippen molar-refractivity contribution in [1.82, 2.24) is 5.32 Å². The molecule has 6 nitrogen and oxygen atoms in total. The van der Waals surface area contributed by atoms with Crippen molar-refractivity contribution in [3.63, 3.8) is 0 Å². The fourth-order valence-corrected chi connectivity index (χ4v) is 3.44. The van der Waals surface area contributed by atoms with Crippen molar-refractivity contribution >= 4 is 40.7 Å². The Morgan fingerprint density at radius 1 is 1.12 bits per heavy atom. The molecule has 0 aromatic heterocycles. The minimum atomic E-state index is -0.177. The average Bonchev–Trinajstić information content (AvgIpc) is 2.53. The molecule has 24 heavy (non-hydrogen) atoms. The van der Waals surface area contributed by atoms with Crippen molar-refractivity contribution in [3.05, 3.63) is 28.2 Å². The van der Waals surface area contributed by atoms with E-state index in [0.717, 1.165) is 26.2 Å². The van der Waals surface area contributed by atoms with Crippen LogP contribution in [0.3, 0.4) is 0 Å². The molecule has 1 atom stereocenters. The summed E-state index contributed by atoms with van der Waals surface area (Å²) < 4.78 is 0. The van der Waals surface area contributed by atoms with Gasteiger partial charge in [-0.05, 0) is 25.1 Å². The van der Waals surface area contributed by atoms with Gasteiger partial charge in [-0.15, -0.1) is 0 Å². The summed E-state index contributed by atoms with van der Waals surface area (Å²) in [6.07, 6.45) is 0. The third-order valence-electron chi connectivity index (χ3n) is 4.42. The molecule has 1 aliphatic rings. The molecule has 1 aliphatic heterocycles. The van der Waals surface area contributed by atoms with E-state index in [4.69, 9.17) is 23.2 Å². The Morgan fingerprint density at radius 3 is 2.25 bits per heavy atom. The molecule has 0 saturated carbocycles. The smallest absolute Gasteiger partial charge is 0.282 e. The summed E-state index contributed by atoms with van der Waals surface area (Å²) >= 11 is 11.9. The first-order chi connectivity index (χ1) is 11.4. The van der Waals surface area contributed by atoms with Gasteiger partial charge in [-0.1, -0.05) is 23.2 Å². The van der Waals surface area contributed by atoms with Gasteiger partial charge in [0.15, 0.2) is 12.6 Å². The quantitative estimate of drug-likeness (QED) is 0.525. The number of hydrogen-bond donors (Lipinski definition) is 4. The van der Waals surface area contributed by atoms with Crippen LogP contribution in [0.4, 0.5) is 5.69 Å². The number of hydrogen-bond acceptors (Lipinski definition) is 2. The Hall–Kier alpha value is -1.34. The third kappa shape index (κ3) is 5.34. The number of rotatable bonds is 5. The molecule has 0 bridgehead atoms. The summed E-state index contributed by atoms with van der Waals surface area (Å²) in [7, 11) is 1.65. The summed E-state index contributed by atoms with van der Waals surface area (Å²) in [6.45, 7) is 5.88. The fraction of sp³-hybridized carbons (Fsp3) is 0.500. The van der Waals surface area contributed by atoms with Crippen LogP contribution in [0.2, 0.25) is 10.0 Å². The molecule has 1 heterocycles. The van der Waals surface area contributed by atoms with Gasteiger partial charge in [0.1, 0.15) is 26.2 Å². The molecular weight excluding hydrogens is 351 g/mol. The lowest BCUT2D eigenvalue weighted by atomic mass is 10.2. The largest absolute Gasteiger partial charge is 0.354 e. The topological polar surface area (TPSA) is 67.1 Å². The molecule has 2 rings (SSSR count). The molecule has 1 aromatic carbocycles. The molecule has 0 spiro atoms. The van der Waals surface area contributed by atoms with E-state index in [9.17, 15) is 9.59 Å². The van der Waals surface area contributed by atoms with Gasteiger partial charge in [0.05, 0.1) is 0 Å². The molecule has 132 valence electrons. The second kappa shape index (κ2) is 8.67. The van der Waals surface area contributed by atoms with Crippen LogP contribution in [0.5, 0.6) is 0 Å². The van der Waals surface area contributed by atoms with Gasteiger partial charge >= 0.3 is 0 Å². The second-order valence-electron chi connectivity index (χ2n) is 6.13. The molecular formula is C16H24Cl2N4O2+2. The van der Waals surface area contributed by atoms with Crippen molar-refractivity contribution in [2.24, 2.45) is 0 Å². The normalized spacial score (nSPS) is 21.8. The van der Waals surface area contributed by atoms with Gasteiger partial charge < -0.3 is 20.4 Å². The van der Waals surface area contributed by atoms with E-state index in [0.29, 0.717) is 22.3 Å². The number of quaternary nitrogens is 2. The van der Waals surface area contributed by atoms with Crippen LogP contribution in [0, 0.1) is 0 Å². The van der Waals surface area contributed by atoms with Crippen molar-refractivity contribution in [1.29, 1.82) is 0 Å². The number of carbonyl (C=O) groups excluding carboxylic acids is 2. The zero-order chi connectivity index (χ0) is 17.7. The second-order valence-corrected chi connectivity index (χ2v) is 7.00. The Kier molecular flexibility index (Phi) is 6.86. The molecule has 2 amide bonds. The standard InChI is InChI=1S/C16H22Cl2N4O2/c1-11(16(24)20-14-8-12(17)7-13(18)9-14)22-5-3-21(4-6-22)10-15(23)19-2/h7-9,11H,3-6,10H2,1-2H3,(H,19,23)(H,20,24)/p+2/t11-/m0/s1. The van der Waals surface area contributed by atoms with E-state index in [1.807, 2.05) is 6.92 Å². The van der Waals surface area contributed by atoms with Gasteiger partial charge in [0.25, 0.3) is 11.8 Å². The SMILES string of the molecule is CNC(=O)C[NH+]1CC[NH+]([C@@H](C)C(=O)Nc2cc(Cl)cc(Cl)c2)CC1. The lowest BCUT2D eigenvalue weighted by Gasteiger charge is -2.32. The number of carbonyl (C=O) groups is 2. The highest BCUT2D eigenvalue weighted by Crippen LogP contribution is 2.22. The number of amides is 2. The molecule has 8 heteroatoms. The predicted octanol–water partition coefficient (Wildman–Crippen LogP) is -1.15. The fourth-order valence-electron chi connectivity index (χ4n) is 2.91. The van der Waals surface area contributed by atoms with E-state index in [-0.39, 0.29) is 17.9 Å². The van der Waals surface area contributed by atoms with Crippen molar-refractivity contribution < 1.29 is 19.4 Å². The van der Waals surface area contributed by atoms with E-state index in [1.54, 1.807) is 25.2 Å².